The van der Waals surface area contributed by atoms with E-state index in [-0.39, 0.29) is 12.5 Å². The minimum atomic E-state index is -0.612. The number of anilines is 1. The van der Waals surface area contributed by atoms with Crippen LogP contribution in [0.25, 0.3) is 0 Å². The third-order valence-corrected chi connectivity index (χ3v) is 5.15. The fraction of sp³-hybridized carbons (Fsp3) is 0.529. The first kappa shape index (κ1) is 15.3. The highest BCUT2D eigenvalue weighted by atomic mass is 16.3. The molecule has 7 heteroatoms. The van der Waals surface area contributed by atoms with Crippen molar-refractivity contribution in [2.24, 2.45) is 0 Å². The van der Waals surface area contributed by atoms with Crippen molar-refractivity contribution in [3.63, 3.8) is 0 Å². The number of nitroso groups, excluding NO2 is 1. The smallest absolute Gasteiger partial charge is 0.369 e. The zero-order valence-corrected chi connectivity index (χ0v) is 13.5. The maximum Gasteiger partial charge on any atom is 0.455 e. The molecule has 3 aliphatic heterocycles. The Balaban J connectivity index is 1.57. The molecule has 0 saturated carbocycles. The van der Waals surface area contributed by atoms with Crippen molar-refractivity contribution in [3.8, 4) is 0 Å². The molecule has 0 bridgehead atoms. The zero-order chi connectivity index (χ0) is 16.7. The van der Waals surface area contributed by atoms with E-state index in [1.165, 1.54) is 0 Å². The van der Waals surface area contributed by atoms with Crippen LogP contribution in [0.5, 0.6) is 0 Å². The van der Waals surface area contributed by atoms with Crippen LogP contribution in [0.15, 0.2) is 18.2 Å². The van der Waals surface area contributed by atoms with Gasteiger partial charge in [-0.2, -0.15) is 0 Å². The average molecular weight is 329 g/mol. The maximum absolute atomic E-state index is 12.7. The Labute approximate surface area is 140 Å². The molecule has 2 amide bonds. The van der Waals surface area contributed by atoms with Crippen LogP contribution < -0.4 is 10.2 Å². The fourth-order valence-electron chi connectivity index (χ4n) is 3.82. The van der Waals surface area contributed by atoms with E-state index >= 15 is 0 Å². The Morgan fingerprint density at radius 2 is 1.96 bits per heavy atom. The standard InChI is InChI=1S/C17H21N4O3/c22-16-14-4-3-13(19-8-5-18-6-9-19)10-12(14)11-20(16)15-2-1-7-21(24)17(15)23/h3-4,10,15,18H,1-2,5-9,11H2/q+1. The normalized spacial score (nSPS) is 24.5. The van der Waals surface area contributed by atoms with Gasteiger partial charge in [0.15, 0.2) is 6.04 Å². The molecule has 1 aromatic carbocycles. The van der Waals surface area contributed by atoms with Crippen LogP contribution in [0.2, 0.25) is 0 Å². The number of nitrogens with zero attached hydrogens (tertiary/aromatic N) is 3. The van der Waals surface area contributed by atoms with Crippen molar-refractivity contribution in [2.45, 2.75) is 25.4 Å². The molecule has 24 heavy (non-hydrogen) atoms. The summed E-state index contributed by atoms with van der Waals surface area (Å²) in [5, 5.41) is 3.33. The van der Waals surface area contributed by atoms with Crippen molar-refractivity contribution >= 4 is 17.5 Å². The molecule has 0 spiro atoms. The van der Waals surface area contributed by atoms with Gasteiger partial charge < -0.3 is 15.1 Å². The largest absolute Gasteiger partial charge is 0.455 e. The second-order valence-electron chi connectivity index (χ2n) is 6.61. The minimum absolute atomic E-state index is 0.134. The van der Waals surface area contributed by atoms with E-state index in [1.54, 1.807) is 4.90 Å². The Bertz CT molecular complexity index is 712. The van der Waals surface area contributed by atoms with Crippen LogP contribution in [0.3, 0.4) is 0 Å². The highest BCUT2D eigenvalue weighted by Gasteiger charge is 2.45. The SMILES string of the molecule is O=C1c2ccc(N3CCNCC3)cc2CN1C1CCC[N+](=O)C1=O. The molecule has 2 saturated heterocycles. The van der Waals surface area contributed by atoms with Gasteiger partial charge in [0, 0.05) is 55.3 Å². The van der Waals surface area contributed by atoms with E-state index in [0.717, 1.165) is 37.4 Å². The first-order valence-electron chi connectivity index (χ1n) is 8.53. The van der Waals surface area contributed by atoms with E-state index in [9.17, 15) is 14.5 Å². The highest BCUT2D eigenvalue weighted by Crippen LogP contribution is 2.31. The van der Waals surface area contributed by atoms with Crippen molar-refractivity contribution < 1.29 is 14.3 Å². The summed E-state index contributed by atoms with van der Waals surface area (Å²) in [4.78, 5) is 40.3. The van der Waals surface area contributed by atoms with Crippen LogP contribution in [0.1, 0.15) is 28.8 Å². The molecule has 3 heterocycles. The predicted octanol–water partition coefficient (Wildman–Crippen LogP) is 0.520. The number of benzene rings is 1. The lowest BCUT2D eigenvalue weighted by Crippen LogP contribution is -2.48. The molecule has 0 aromatic heterocycles. The summed E-state index contributed by atoms with van der Waals surface area (Å²) in [7, 11) is 0. The van der Waals surface area contributed by atoms with Gasteiger partial charge in [0.25, 0.3) is 5.91 Å². The minimum Gasteiger partial charge on any atom is -0.369 e. The van der Waals surface area contributed by atoms with Crippen LogP contribution in [0, 0.1) is 4.91 Å². The highest BCUT2D eigenvalue weighted by molar-refractivity contribution is 6.00. The Hall–Kier alpha value is -2.28. The average Bonchev–Trinajstić information content (AvgIpc) is 2.94. The first-order chi connectivity index (χ1) is 11.6. The lowest BCUT2D eigenvalue weighted by Gasteiger charge is -2.29. The summed E-state index contributed by atoms with van der Waals surface area (Å²) in [5.74, 6) is -0.616. The molecule has 126 valence electrons. The van der Waals surface area contributed by atoms with Gasteiger partial charge in [0.2, 0.25) is 6.54 Å². The quantitative estimate of drug-likeness (QED) is 0.801. The molecule has 0 aliphatic carbocycles. The fourth-order valence-corrected chi connectivity index (χ4v) is 3.82. The molecular formula is C17H21N4O3+. The summed E-state index contributed by atoms with van der Waals surface area (Å²) in [6.45, 7) is 4.46. The molecular weight excluding hydrogens is 308 g/mol. The number of piperazine rings is 1. The monoisotopic (exact) mass is 329 g/mol. The van der Waals surface area contributed by atoms with Gasteiger partial charge in [-0.25, -0.2) is 4.79 Å². The number of rotatable bonds is 2. The van der Waals surface area contributed by atoms with Crippen molar-refractivity contribution in [2.75, 3.05) is 37.6 Å². The molecule has 1 atom stereocenters. The van der Waals surface area contributed by atoms with Crippen molar-refractivity contribution in [1.29, 1.82) is 0 Å². The summed E-state index contributed by atoms with van der Waals surface area (Å²) < 4.78 is 0.497. The van der Waals surface area contributed by atoms with Crippen LogP contribution >= 0.6 is 0 Å². The van der Waals surface area contributed by atoms with Gasteiger partial charge in [0.05, 0.1) is 4.76 Å². The van der Waals surface area contributed by atoms with Crippen LogP contribution in [-0.4, -0.2) is 60.2 Å². The van der Waals surface area contributed by atoms with Gasteiger partial charge in [-0.05, 0) is 30.2 Å². The number of hydrogen-bond acceptors (Lipinski definition) is 5. The van der Waals surface area contributed by atoms with Gasteiger partial charge in [-0.15, -0.1) is 0 Å². The number of carbonyl (C=O) groups is 2. The number of piperidine rings is 1. The van der Waals surface area contributed by atoms with Gasteiger partial charge >= 0.3 is 5.91 Å². The number of nitrogens with one attached hydrogen (secondary N) is 1. The zero-order valence-electron chi connectivity index (χ0n) is 13.5. The predicted molar refractivity (Wildman–Crippen MR) is 87.9 cm³/mol. The third-order valence-electron chi connectivity index (χ3n) is 5.15. The number of hydrogen-bond donors (Lipinski definition) is 1. The number of fused-ring (bicyclic) bond motifs is 1. The Morgan fingerprint density at radius 1 is 1.17 bits per heavy atom. The van der Waals surface area contributed by atoms with Crippen molar-refractivity contribution in [1.82, 2.24) is 10.2 Å². The maximum atomic E-state index is 12.7. The van der Waals surface area contributed by atoms with E-state index in [4.69, 9.17) is 0 Å². The second kappa shape index (κ2) is 5.98. The first-order valence-corrected chi connectivity index (χ1v) is 8.53. The molecule has 7 nitrogen and oxygen atoms in total. The molecule has 4 rings (SSSR count). The Morgan fingerprint density at radius 3 is 2.75 bits per heavy atom. The molecule has 3 aliphatic rings. The lowest BCUT2D eigenvalue weighted by molar-refractivity contribution is -0.480. The van der Waals surface area contributed by atoms with E-state index < -0.39 is 11.9 Å². The van der Waals surface area contributed by atoms with E-state index in [0.29, 0.717) is 29.7 Å². The number of amides is 2. The second-order valence-corrected chi connectivity index (χ2v) is 6.61. The summed E-state index contributed by atoms with van der Waals surface area (Å²) in [6.07, 6.45) is 1.22. The van der Waals surface area contributed by atoms with Gasteiger partial charge in [-0.3, -0.25) is 4.79 Å². The molecule has 1 unspecified atom stereocenters. The third kappa shape index (κ3) is 2.49. The Kier molecular flexibility index (Phi) is 3.80. The van der Waals surface area contributed by atoms with Crippen molar-refractivity contribution in [3.05, 3.63) is 34.2 Å². The summed E-state index contributed by atoms with van der Waals surface area (Å²) in [6, 6.07) is 5.28. The number of carbonyl (C=O) groups excluding carboxylic acids is 2. The summed E-state index contributed by atoms with van der Waals surface area (Å²) >= 11 is 0. The summed E-state index contributed by atoms with van der Waals surface area (Å²) in [5.41, 5.74) is 2.72. The van der Waals surface area contributed by atoms with E-state index in [2.05, 4.69) is 16.3 Å². The van der Waals surface area contributed by atoms with E-state index in [1.807, 2.05) is 12.1 Å². The topological polar surface area (TPSA) is 72.7 Å². The molecule has 0 radical (unpaired) electrons. The van der Waals surface area contributed by atoms with Crippen LogP contribution in [0.4, 0.5) is 5.69 Å². The molecule has 1 N–H and O–H groups in total. The lowest BCUT2D eigenvalue weighted by atomic mass is 10.1. The van der Waals surface area contributed by atoms with Gasteiger partial charge in [-0.1, -0.05) is 0 Å². The molecule has 2 fully saturated rings. The van der Waals surface area contributed by atoms with Crippen LogP contribution in [-0.2, 0) is 11.3 Å². The molecule has 1 aromatic rings. The van der Waals surface area contributed by atoms with Gasteiger partial charge in [0.1, 0.15) is 0 Å².